The number of hydrogen-bond acceptors (Lipinski definition) is 2. The average Bonchev–Trinajstić information content (AvgIpc) is 2.39. The van der Waals surface area contributed by atoms with Gasteiger partial charge in [-0.2, -0.15) is 0 Å². The molecule has 0 aliphatic carbocycles. The number of aromatic nitrogens is 1. The van der Waals surface area contributed by atoms with E-state index in [-0.39, 0.29) is 5.41 Å². The molecule has 0 fully saturated rings. The van der Waals surface area contributed by atoms with Gasteiger partial charge in [-0.25, -0.2) is 0 Å². The fraction of sp³-hybridized carbons (Fsp3) is 0.267. The van der Waals surface area contributed by atoms with Crippen LogP contribution in [0.25, 0.3) is 0 Å². The lowest BCUT2D eigenvalue weighted by molar-refractivity contribution is 0.480. The van der Waals surface area contributed by atoms with E-state index in [9.17, 15) is 0 Å². The molecular weight excluding hydrogens is 279 g/mol. The average molecular weight is 295 g/mol. The second-order valence-corrected chi connectivity index (χ2v) is 5.77. The molecule has 2 nitrogen and oxygen atoms in total. The zero-order chi connectivity index (χ0) is 13.9. The standard InChI is InChI=1S/C15H16Cl2N2/c1-15(10-18,8-11-3-2-6-19-9-11)13-5-4-12(16)7-14(13)17/h2-7,9H,8,10,18H2,1H3. The van der Waals surface area contributed by atoms with E-state index in [2.05, 4.69) is 11.9 Å². The summed E-state index contributed by atoms with van der Waals surface area (Å²) in [4.78, 5) is 4.14. The van der Waals surface area contributed by atoms with Gasteiger partial charge in [0.05, 0.1) is 0 Å². The van der Waals surface area contributed by atoms with E-state index in [1.807, 2.05) is 30.5 Å². The largest absolute Gasteiger partial charge is 0.330 e. The lowest BCUT2D eigenvalue weighted by Gasteiger charge is -2.29. The highest BCUT2D eigenvalue weighted by atomic mass is 35.5. The minimum atomic E-state index is -0.231. The van der Waals surface area contributed by atoms with Crippen LogP contribution in [0, 0.1) is 0 Å². The zero-order valence-corrected chi connectivity index (χ0v) is 12.2. The van der Waals surface area contributed by atoms with Crippen LogP contribution in [-0.2, 0) is 11.8 Å². The Kier molecular flexibility index (Phi) is 4.46. The molecule has 1 unspecified atom stereocenters. The van der Waals surface area contributed by atoms with Crippen LogP contribution in [0.1, 0.15) is 18.1 Å². The Hall–Kier alpha value is -1.09. The summed E-state index contributed by atoms with van der Waals surface area (Å²) in [6, 6.07) is 9.53. The molecule has 1 atom stereocenters. The van der Waals surface area contributed by atoms with Gasteiger partial charge < -0.3 is 5.73 Å². The second kappa shape index (κ2) is 5.91. The molecule has 0 amide bonds. The Morgan fingerprint density at radius 2 is 2.05 bits per heavy atom. The van der Waals surface area contributed by atoms with Crippen molar-refractivity contribution in [1.29, 1.82) is 0 Å². The Labute approximate surface area is 123 Å². The smallest absolute Gasteiger partial charge is 0.0458 e. The topological polar surface area (TPSA) is 38.9 Å². The van der Waals surface area contributed by atoms with Crippen molar-refractivity contribution in [2.24, 2.45) is 5.73 Å². The van der Waals surface area contributed by atoms with Crippen molar-refractivity contribution in [3.63, 3.8) is 0 Å². The summed E-state index contributed by atoms with van der Waals surface area (Å²) in [5.74, 6) is 0. The highest BCUT2D eigenvalue weighted by molar-refractivity contribution is 6.35. The lowest BCUT2D eigenvalue weighted by Crippen LogP contribution is -2.34. The Bertz CT molecular complexity index is 557. The van der Waals surface area contributed by atoms with E-state index >= 15 is 0 Å². The fourth-order valence-corrected chi connectivity index (χ4v) is 2.85. The van der Waals surface area contributed by atoms with Crippen molar-refractivity contribution < 1.29 is 0 Å². The predicted molar refractivity (Wildman–Crippen MR) is 80.8 cm³/mol. The summed E-state index contributed by atoms with van der Waals surface area (Å²) in [5, 5.41) is 1.29. The highest BCUT2D eigenvalue weighted by Crippen LogP contribution is 2.34. The molecule has 0 saturated heterocycles. The first-order valence-electron chi connectivity index (χ1n) is 6.10. The molecule has 0 aliphatic rings. The van der Waals surface area contributed by atoms with Crippen molar-refractivity contribution >= 4 is 23.2 Å². The number of nitrogens with zero attached hydrogens (tertiary/aromatic N) is 1. The van der Waals surface area contributed by atoms with Crippen molar-refractivity contribution in [3.05, 3.63) is 63.9 Å². The van der Waals surface area contributed by atoms with Crippen LogP contribution in [0.2, 0.25) is 10.0 Å². The molecule has 2 rings (SSSR count). The van der Waals surface area contributed by atoms with Gasteiger partial charge in [-0.05, 0) is 35.7 Å². The minimum absolute atomic E-state index is 0.231. The SMILES string of the molecule is CC(CN)(Cc1cccnc1)c1ccc(Cl)cc1Cl. The minimum Gasteiger partial charge on any atom is -0.330 e. The molecular formula is C15H16Cl2N2. The first-order chi connectivity index (χ1) is 9.05. The van der Waals surface area contributed by atoms with Gasteiger partial charge in [0, 0.05) is 34.4 Å². The molecule has 2 aromatic rings. The number of nitrogens with two attached hydrogens (primary N) is 1. The lowest BCUT2D eigenvalue weighted by atomic mass is 9.77. The van der Waals surface area contributed by atoms with Crippen molar-refractivity contribution in [3.8, 4) is 0 Å². The fourth-order valence-electron chi connectivity index (χ4n) is 2.21. The van der Waals surface area contributed by atoms with Gasteiger partial charge in [-0.3, -0.25) is 4.98 Å². The maximum absolute atomic E-state index is 6.30. The summed E-state index contributed by atoms with van der Waals surface area (Å²) in [5.41, 5.74) is 7.91. The van der Waals surface area contributed by atoms with E-state index in [0.29, 0.717) is 16.6 Å². The van der Waals surface area contributed by atoms with Gasteiger partial charge in [0.1, 0.15) is 0 Å². The van der Waals surface area contributed by atoms with Crippen molar-refractivity contribution in [1.82, 2.24) is 4.98 Å². The van der Waals surface area contributed by atoms with E-state index in [1.165, 1.54) is 0 Å². The van der Waals surface area contributed by atoms with Gasteiger partial charge in [0.25, 0.3) is 0 Å². The van der Waals surface area contributed by atoms with Crippen LogP contribution in [-0.4, -0.2) is 11.5 Å². The second-order valence-electron chi connectivity index (χ2n) is 4.93. The van der Waals surface area contributed by atoms with Gasteiger partial charge in [0.2, 0.25) is 0 Å². The number of rotatable bonds is 4. The van der Waals surface area contributed by atoms with Crippen LogP contribution >= 0.6 is 23.2 Å². The molecule has 2 N–H and O–H groups in total. The highest BCUT2D eigenvalue weighted by Gasteiger charge is 2.27. The van der Waals surface area contributed by atoms with E-state index in [0.717, 1.165) is 17.5 Å². The predicted octanol–water partition coefficient (Wildman–Crippen LogP) is 3.85. The van der Waals surface area contributed by atoms with Crippen LogP contribution < -0.4 is 5.73 Å². The van der Waals surface area contributed by atoms with Gasteiger partial charge in [-0.15, -0.1) is 0 Å². The molecule has 0 bridgehead atoms. The molecule has 0 aliphatic heterocycles. The summed E-state index contributed by atoms with van der Waals surface area (Å²) in [7, 11) is 0. The number of benzene rings is 1. The number of halogens is 2. The summed E-state index contributed by atoms with van der Waals surface area (Å²) >= 11 is 12.2. The Morgan fingerprint density at radius 3 is 2.63 bits per heavy atom. The third kappa shape index (κ3) is 3.27. The normalized spacial score (nSPS) is 14.1. The van der Waals surface area contributed by atoms with Crippen LogP contribution in [0.15, 0.2) is 42.7 Å². The molecule has 0 saturated carbocycles. The molecule has 0 radical (unpaired) electrons. The maximum Gasteiger partial charge on any atom is 0.0458 e. The first kappa shape index (κ1) is 14.3. The first-order valence-corrected chi connectivity index (χ1v) is 6.85. The van der Waals surface area contributed by atoms with Crippen LogP contribution in [0.5, 0.6) is 0 Å². The van der Waals surface area contributed by atoms with Crippen molar-refractivity contribution in [2.75, 3.05) is 6.54 Å². The number of hydrogen-bond donors (Lipinski definition) is 1. The molecule has 1 aromatic carbocycles. The Balaban J connectivity index is 2.36. The Morgan fingerprint density at radius 1 is 1.26 bits per heavy atom. The van der Waals surface area contributed by atoms with Crippen LogP contribution in [0.4, 0.5) is 0 Å². The summed E-state index contributed by atoms with van der Waals surface area (Å²) in [6.07, 6.45) is 4.41. The molecule has 19 heavy (non-hydrogen) atoms. The van der Waals surface area contributed by atoms with E-state index < -0.39 is 0 Å². The molecule has 4 heteroatoms. The third-order valence-corrected chi connectivity index (χ3v) is 3.90. The van der Waals surface area contributed by atoms with Gasteiger partial charge in [-0.1, -0.05) is 42.3 Å². The van der Waals surface area contributed by atoms with Gasteiger partial charge in [0.15, 0.2) is 0 Å². The van der Waals surface area contributed by atoms with E-state index in [1.54, 1.807) is 12.3 Å². The molecule has 100 valence electrons. The van der Waals surface area contributed by atoms with Crippen LogP contribution in [0.3, 0.4) is 0 Å². The molecule has 1 aromatic heterocycles. The molecule has 0 spiro atoms. The number of pyridine rings is 1. The third-order valence-electron chi connectivity index (χ3n) is 3.35. The maximum atomic E-state index is 6.30. The quantitative estimate of drug-likeness (QED) is 0.930. The van der Waals surface area contributed by atoms with Gasteiger partial charge >= 0.3 is 0 Å². The molecule has 1 heterocycles. The zero-order valence-electron chi connectivity index (χ0n) is 10.7. The monoisotopic (exact) mass is 294 g/mol. The summed E-state index contributed by atoms with van der Waals surface area (Å²) < 4.78 is 0. The van der Waals surface area contributed by atoms with Crippen molar-refractivity contribution in [2.45, 2.75) is 18.8 Å². The summed E-state index contributed by atoms with van der Waals surface area (Å²) in [6.45, 7) is 2.61. The van der Waals surface area contributed by atoms with E-state index in [4.69, 9.17) is 28.9 Å².